The summed E-state index contributed by atoms with van der Waals surface area (Å²) < 4.78 is 0. The van der Waals surface area contributed by atoms with Crippen LogP contribution in [0.1, 0.15) is 37.0 Å². The Bertz CT molecular complexity index is 1030. The third-order valence-electron chi connectivity index (χ3n) is 4.84. The predicted molar refractivity (Wildman–Crippen MR) is 129 cm³/mol. The van der Waals surface area contributed by atoms with E-state index in [1.54, 1.807) is 0 Å². The van der Waals surface area contributed by atoms with Crippen LogP contribution in [-0.2, 0) is 11.3 Å². The van der Waals surface area contributed by atoms with Gasteiger partial charge in [0, 0.05) is 18.5 Å². The van der Waals surface area contributed by atoms with E-state index in [9.17, 15) is 4.79 Å². The third-order valence-corrected chi connectivity index (χ3v) is 4.84. The summed E-state index contributed by atoms with van der Waals surface area (Å²) >= 11 is 0. The summed E-state index contributed by atoms with van der Waals surface area (Å²) in [5, 5.41) is 0. The van der Waals surface area contributed by atoms with Gasteiger partial charge in [0.2, 0.25) is 5.91 Å². The Morgan fingerprint density at radius 3 is 2.06 bits per heavy atom. The molecule has 0 spiro atoms. The second kappa shape index (κ2) is 11.6. The number of carbonyl (C=O) groups is 1. The summed E-state index contributed by atoms with van der Waals surface area (Å²) in [5.41, 5.74) is 3.13. The van der Waals surface area contributed by atoms with Gasteiger partial charge < -0.3 is 4.90 Å². The number of carbonyl (C=O) groups excluding carboxylic acids is 1. The van der Waals surface area contributed by atoms with E-state index >= 15 is 0 Å². The Morgan fingerprint density at radius 1 is 0.871 bits per heavy atom. The number of benzene rings is 3. The Kier molecular flexibility index (Phi) is 8.26. The van der Waals surface area contributed by atoms with Crippen molar-refractivity contribution in [2.45, 2.75) is 32.9 Å². The van der Waals surface area contributed by atoms with Crippen molar-refractivity contribution in [3.05, 3.63) is 114 Å². The highest BCUT2D eigenvalue weighted by Crippen LogP contribution is 2.15. The highest BCUT2D eigenvalue weighted by molar-refractivity contribution is 5.78. The van der Waals surface area contributed by atoms with Crippen molar-refractivity contribution in [2.24, 2.45) is 5.92 Å². The molecular formula is C29H29NO. The zero-order chi connectivity index (χ0) is 21.9. The van der Waals surface area contributed by atoms with E-state index in [4.69, 9.17) is 0 Å². The molecule has 0 heterocycles. The molecule has 0 fully saturated rings. The van der Waals surface area contributed by atoms with Gasteiger partial charge in [-0.15, -0.1) is 0 Å². The van der Waals surface area contributed by atoms with Crippen LogP contribution < -0.4 is 0 Å². The van der Waals surface area contributed by atoms with Crippen LogP contribution in [0.5, 0.6) is 0 Å². The molecule has 0 N–H and O–H groups in total. The van der Waals surface area contributed by atoms with E-state index in [0.717, 1.165) is 16.7 Å². The van der Waals surface area contributed by atoms with Crippen molar-refractivity contribution >= 4 is 12.0 Å². The van der Waals surface area contributed by atoms with Gasteiger partial charge in [-0.3, -0.25) is 4.79 Å². The predicted octanol–water partition coefficient (Wildman–Crippen LogP) is 6.20. The van der Waals surface area contributed by atoms with Crippen LogP contribution in [0, 0.1) is 17.8 Å². The zero-order valence-corrected chi connectivity index (χ0v) is 18.2. The Morgan fingerprint density at radius 2 is 1.45 bits per heavy atom. The first kappa shape index (κ1) is 22.1. The molecule has 0 saturated heterocycles. The molecule has 3 aromatic rings. The number of nitrogens with zero attached hydrogens (tertiary/aromatic N) is 1. The minimum Gasteiger partial charge on any atom is -0.321 e. The molecule has 0 aliphatic heterocycles. The number of amides is 1. The van der Waals surface area contributed by atoms with Crippen molar-refractivity contribution in [2.75, 3.05) is 0 Å². The van der Waals surface area contributed by atoms with Crippen molar-refractivity contribution in [3.8, 4) is 11.8 Å². The van der Waals surface area contributed by atoms with Crippen molar-refractivity contribution < 1.29 is 4.79 Å². The molecule has 0 aromatic heterocycles. The Balaban J connectivity index is 1.97. The lowest BCUT2D eigenvalue weighted by Crippen LogP contribution is -2.38. The van der Waals surface area contributed by atoms with Crippen LogP contribution in [0.4, 0.5) is 0 Å². The third kappa shape index (κ3) is 7.32. The quantitative estimate of drug-likeness (QED) is 0.427. The molecule has 156 valence electrons. The molecule has 0 aliphatic rings. The molecule has 2 nitrogen and oxygen atoms in total. The van der Waals surface area contributed by atoms with Crippen molar-refractivity contribution in [1.29, 1.82) is 0 Å². The Hall–Kier alpha value is -3.57. The second-order valence-electron chi connectivity index (χ2n) is 7.96. The SMILES string of the molecule is CC(C)CC(=O)N(Cc1ccccc1)C(C#Cc1ccccc1)/C=C/c1ccccc1. The number of hydrogen-bond donors (Lipinski definition) is 0. The smallest absolute Gasteiger partial charge is 0.224 e. The fourth-order valence-electron chi connectivity index (χ4n) is 3.26. The zero-order valence-electron chi connectivity index (χ0n) is 18.2. The molecular weight excluding hydrogens is 378 g/mol. The molecule has 2 heteroatoms. The minimum absolute atomic E-state index is 0.115. The molecule has 0 saturated carbocycles. The van der Waals surface area contributed by atoms with Gasteiger partial charge in [-0.2, -0.15) is 0 Å². The number of hydrogen-bond acceptors (Lipinski definition) is 1. The van der Waals surface area contributed by atoms with Crippen LogP contribution in [0.25, 0.3) is 6.08 Å². The normalized spacial score (nSPS) is 11.7. The van der Waals surface area contributed by atoms with E-state index < -0.39 is 0 Å². The fraction of sp³-hybridized carbons (Fsp3) is 0.207. The monoisotopic (exact) mass is 407 g/mol. The highest BCUT2D eigenvalue weighted by Gasteiger charge is 2.21. The van der Waals surface area contributed by atoms with E-state index in [1.807, 2.05) is 83.8 Å². The lowest BCUT2D eigenvalue weighted by atomic mass is 10.1. The molecule has 0 bridgehead atoms. The van der Waals surface area contributed by atoms with Gasteiger partial charge in [-0.1, -0.05) is 111 Å². The van der Waals surface area contributed by atoms with Gasteiger partial charge in [-0.25, -0.2) is 0 Å². The highest BCUT2D eigenvalue weighted by atomic mass is 16.2. The molecule has 1 unspecified atom stereocenters. The molecule has 3 rings (SSSR count). The summed E-state index contributed by atoms with van der Waals surface area (Å²) in [6, 6.07) is 29.8. The van der Waals surface area contributed by atoms with Crippen molar-refractivity contribution in [1.82, 2.24) is 4.90 Å². The van der Waals surface area contributed by atoms with Gasteiger partial charge in [0.15, 0.2) is 0 Å². The van der Waals surface area contributed by atoms with E-state index in [1.165, 1.54) is 0 Å². The van der Waals surface area contributed by atoms with Crippen LogP contribution in [0.15, 0.2) is 97.1 Å². The van der Waals surface area contributed by atoms with Gasteiger partial charge in [0.05, 0.1) is 0 Å². The lowest BCUT2D eigenvalue weighted by molar-refractivity contribution is -0.133. The maximum absolute atomic E-state index is 13.2. The first-order chi connectivity index (χ1) is 15.1. The average Bonchev–Trinajstić information content (AvgIpc) is 2.79. The summed E-state index contributed by atoms with van der Waals surface area (Å²) in [6.45, 7) is 4.67. The summed E-state index contributed by atoms with van der Waals surface area (Å²) in [6.07, 6.45) is 4.58. The largest absolute Gasteiger partial charge is 0.321 e. The van der Waals surface area contributed by atoms with Crippen LogP contribution in [-0.4, -0.2) is 16.8 Å². The lowest BCUT2D eigenvalue weighted by Gasteiger charge is -2.28. The summed E-state index contributed by atoms with van der Waals surface area (Å²) in [4.78, 5) is 15.1. The van der Waals surface area contributed by atoms with Crippen LogP contribution >= 0.6 is 0 Å². The maximum atomic E-state index is 13.2. The summed E-state index contributed by atoms with van der Waals surface area (Å²) in [7, 11) is 0. The van der Waals surface area contributed by atoms with Gasteiger partial charge in [0.1, 0.15) is 6.04 Å². The van der Waals surface area contributed by atoms with Gasteiger partial charge in [-0.05, 0) is 35.3 Å². The maximum Gasteiger partial charge on any atom is 0.224 e. The molecule has 3 aromatic carbocycles. The molecule has 1 amide bonds. The van der Waals surface area contributed by atoms with Crippen LogP contribution in [0.2, 0.25) is 0 Å². The molecule has 1 atom stereocenters. The minimum atomic E-state index is -0.327. The van der Waals surface area contributed by atoms with Gasteiger partial charge >= 0.3 is 0 Å². The van der Waals surface area contributed by atoms with Crippen molar-refractivity contribution in [3.63, 3.8) is 0 Å². The molecule has 0 radical (unpaired) electrons. The second-order valence-corrected chi connectivity index (χ2v) is 7.96. The standard InChI is InChI=1S/C29H29NO/c1-24(2)22-29(31)30(23-27-16-10-5-11-17-27)28(20-18-25-12-6-3-7-13-25)21-19-26-14-8-4-9-15-26/h3-18,20,24,28H,22-23H2,1-2H3/b20-18+. The van der Waals surface area contributed by atoms with Crippen LogP contribution in [0.3, 0.4) is 0 Å². The topological polar surface area (TPSA) is 20.3 Å². The van der Waals surface area contributed by atoms with E-state index in [2.05, 4.69) is 50.0 Å². The first-order valence-electron chi connectivity index (χ1n) is 10.7. The molecule has 31 heavy (non-hydrogen) atoms. The first-order valence-corrected chi connectivity index (χ1v) is 10.7. The number of rotatable bonds is 7. The Labute approximate surface area is 186 Å². The molecule has 0 aliphatic carbocycles. The van der Waals surface area contributed by atoms with Gasteiger partial charge in [0.25, 0.3) is 0 Å². The summed E-state index contributed by atoms with van der Waals surface area (Å²) in [5.74, 6) is 7.01. The van der Waals surface area contributed by atoms with E-state index in [-0.39, 0.29) is 17.9 Å². The average molecular weight is 408 g/mol. The van der Waals surface area contributed by atoms with E-state index in [0.29, 0.717) is 13.0 Å². The fourth-order valence-corrected chi connectivity index (χ4v) is 3.26.